The Morgan fingerprint density at radius 3 is 2.78 bits per heavy atom. The fourth-order valence-electron chi connectivity index (χ4n) is 2.89. The number of aromatic nitrogens is 3. The summed E-state index contributed by atoms with van der Waals surface area (Å²) in [4.78, 5) is 14.5. The molecule has 3 aromatic rings. The van der Waals surface area contributed by atoms with E-state index in [-0.39, 0.29) is 17.4 Å². The zero-order valence-corrected chi connectivity index (χ0v) is 12.2. The molecule has 2 heterocycles. The van der Waals surface area contributed by atoms with Crippen molar-refractivity contribution in [2.45, 2.75) is 6.42 Å². The van der Waals surface area contributed by atoms with E-state index in [1.54, 1.807) is 11.0 Å². The van der Waals surface area contributed by atoms with Gasteiger partial charge in [-0.05, 0) is 30.2 Å². The molecule has 2 aromatic carbocycles. The van der Waals surface area contributed by atoms with Crippen LogP contribution in [0.5, 0.6) is 0 Å². The van der Waals surface area contributed by atoms with Gasteiger partial charge in [0, 0.05) is 17.8 Å². The van der Waals surface area contributed by atoms with E-state index < -0.39 is 0 Å². The average Bonchev–Trinajstić information content (AvgIpc) is 3.21. The average molecular weight is 308 g/mol. The minimum absolute atomic E-state index is 0.233. The Hall–Kier alpha value is -3.02. The number of aromatic amines is 1. The van der Waals surface area contributed by atoms with E-state index >= 15 is 0 Å². The summed E-state index contributed by atoms with van der Waals surface area (Å²) in [6, 6.07) is 13.9. The third-order valence-corrected chi connectivity index (χ3v) is 3.98. The quantitative estimate of drug-likeness (QED) is 0.792. The summed E-state index contributed by atoms with van der Waals surface area (Å²) in [7, 11) is 0. The number of H-pyrrole nitrogens is 1. The van der Waals surface area contributed by atoms with Gasteiger partial charge in [-0.3, -0.25) is 4.79 Å². The first-order valence-electron chi connectivity index (χ1n) is 7.30. The van der Waals surface area contributed by atoms with E-state index in [4.69, 9.17) is 0 Å². The Morgan fingerprint density at radius 2 is 1.96 bits per heavy atom. The van der Waals surface area contributed by atoms with Crippen LogP contribution in [0, 0.1) is 5.82 Å². The van der Waals surface area contributed by atoms with E-state index in [1.165, 1.54) is 12.1 Å². The van der Waals surface area contributed by atoms with E-state index in [0.29, 0.717) is 18.7 Å². The molecule has 23 heavy (non-hydrogen) atoms. The topological polar surface area (TPSA) is 61.9 Å². The van der Waals surface area contributed by atoms with Crippen molar-refractivity contribution >= 4 is 11.6 Å². The number of fused-ring (bicyclic) bond motifs is 1. The third kappa shape index (κ3) is 2.28. The molecule has 0 atom stereocenters. The first kappa shape index (κ1) is 13.6. The van der Waals surface area contributed by atoms with Crippen LogP contribution in [-0.2, 0) is 6.42 Å². The largest absolute Gasteiger partial charge is 0.306 e. The molecule has 114 valence electrons. The van der Waals surface area contributed by atoms with Gasteiger partial charge in [0.2, 0.25) is 0 Å². The molecular weight excluding hydrogens is 295 g/mol. The van der Waals surface area contributed by atoms with Gasteiger partial charge in [-0.15, -0.1) is 0 Å². The van der Waals surface area contributed by atoms with Gasteiger partial charge < -0.3 is 4.90 Å². The first-order valence-corrected chi connectivity index (χ1v) is 7.30. The molecular formula is C17H13FN4O. The van der Waals surface area contributed by atoms with Crippen LogP contribution in [-0.4, -0.2) is 27.9 Å². The lowest BCUT2D eigenvalue weighted by Crippen LogP contribution is -2.29. The number of carbonyl (C=O) groups excluding carboxylic acids is 1. The molecule has 4 rings (SSSR count). The van der Waals surface area contributed by atoms with Crippen LogP contribution >= 0.6 is 0 Å². The normalized spacial score (nSPS) is 13.2. The number of nitrogens with one attached hydrogen (secondary N) is 1. The maximum absolute atomic E-state index is 13.3. The molecule has 0 unspecified atom stereocenters. The number of halogens is 1. The van der Waals surface area contributed by atoms with Crippen molar-refractivity contribution < 1.29 is 9.18 Å². The number of benzene rings is 2. The lowest BCUT2D eigenvalue weighted by Gasteiger charge is -2.16. The monoisotopic (exact) mass is 308 g/mol. The summed E-state index contributed by atoms with van der Waals surface area (Å²) in [5.74, 6) is -0.521. The standard InChI is InChI=1S/C17H13FN4O/c18-13-6-7-14-12(10-13)8-9-22(14)17(23)16-15(19-21-20-16)11-4-2-1-3-5-11/h1-7,10H,8-9H2,(H,19,20,21). The number of rotatable bonds is 2. The van der Waals surface area contributed by atoms with Crippen molar-refractivity contribution in [1.82, 2.24) is 15.4 Å². The number of amides is 1. The highest BCUT2D eigenvalue weighted by molar-refractivity contribution is 6.09. The molecule has 0 aliphatic carbocycles. The molecule has 1 amide bonds. The number of hydrogen-bond donors (Lipinski definition) is 1. The van der Waals surface area contributed by atoms with Crippen LogP contribution in [0.3, 0.4) is 0 Å². The molecule has 0 radical (unpaired) electrons. The van der Waals surface area contributed by atoms with Crippen molar-refractivity contribution in [3.8, 4) is 11.3 Å². The lowest BCUT2D eigenvalue weighted by molar-refractivity contribution is 0.0985. The molecule has 0 saturated heterocycles. The predicted octanol–water partition coefficient (Wildman–Crippen LogP) is 2.81. The molecule has 0 saturated carbocycles. The van der Waals surface area contributed by atoms with Crippen molar-refractivity contribution in [1.29, 1.82) is 0 Å². The maximum Gasteiger partial charge on any atom is 0.281 e. The second kappa shape index (κ2) is 5.31. The van der Waals surface area contributed by atoms with Crippen molar-refractivity contribution in [3.63, 3.8) is 0 Å². The van der Waals surface area contributed by atoms with Gasteiger partial charge in [-0.25, -0.2) is 4.39 Å². The van der Waals surface area contributed by atoms with Gasteiger partial charge in [-0.1, -0.05) is 30.3 Å². The number of anilines is 1. The zero-order valence-electron chi connectivity index (χ0n) is 12.2. The van der Waals surface area contributed by atoms with Crippen molar-refractivity contribution in [2.24, 2.45) is 0 Å². The summed E-state index contributed by atoms with van der Waals surface area (Å²) < 4.78 is 13.3. The SMILES string of the molecule is O=C(c1n[nH]nc1-c1ccccc1)N1CCc2cc(F)ccc21. The van der Waals surface area contributed by atoms with E-state index in [2.05, 4.69) is 15.4 Å². The number of hydrogen-bond acceptors (Lipinski definition) is 3. The molecule has 0 bridgehead atoms. The molecule has 6 heteroatoms. The zero-order chi connectivity index (χ0) is 15.8. The summed E-state index contributed by atoms with van der Waals surface area (Å²) in [5, 5.41) is 10.7. The summed E-state index contributed by atoms with van der Waals surface area (Å²) >= 11 is 0. The van der Waals surface area contributed by atoms with Crippen LogP contribution in [0.25, 0.3) is 11.3 Å². The van der Waals surface area contributed by atoms with Crippen LogP contribution in [0.4, 0.5) is 10.1 Å². The molecule has 0 fully saturated rings. The molecule has 5 nitrogen and oxygen atoms in total. The minimum Gasteiger partial charge on any atom is -0.306 e. The van der Waals surface area contributed by atoms with Crippen LogP contribution in [0.15, 0.2) is 48.5 Å². The van der Waals surface area contributed by atoms with E-state index in [1.807, 2.05) is 30.3 Å². The highest BCUT2D eigenvalue weighted by Gasteiger charge is 2.29. The van der Waals surface area contributed by atoms with Crippen LogP contribution in [0.2, 0.25) is 0 Å². The Bertz CT molecular complexity index is 875. The fraction of sp³-hybridized carbons (Fsp3) is 0.118. The van der Waals surface area contributed by atoms with Gasteiger partial charge in [0.1, 0.15) is 11.5 Å². The van der Waals surface area contributed by atoms with Crippen molar-refractivity contribution in [2.75, 3.05) is 11.4 Å². The van der Waals surface area contributed by atoms with E-state index in [0.717, 1.165) is 16.8 Å². The predicted molar refractivity (Wildman–Crippen MR) is 83.6 cm³/mol. The fourth-order valence-corrected chi connectivity index (χ4v) is 2.89. The molecule has 1 aliphatic rings. The molecule has 0 spiro atoms. The third-order valence-electron chi connectivity index (χ3n) is 3.98. The lowest BCUT2D eigenvalue weighted by atomic mass is 10.1. The summed E-state index contributed by atoms with van der Waals surface area (Å²) in [6.07, 6.45) is 0.636. The smallest absolute Gasteiger partial charge is 0.281 e. The molecule has 1 aliphatic heterocycles. The summed E-state index contributed by atoms with van der Waals surface area (Å²) in [5.41, 5.74) is 3.18. The second-order valence-electron chi connectivity index (χ2n) is 5.37. The van der Waals surface area contributed by atoms with Gasteiger partial charge in [-0.2, -0.15) is 15.4 Å². The molecule has 1 N–H and O–H groups in total. The minimum atomic E-state index is -0.288. The number of carbonyl (C=O) groups is 1. The number of nitrogens with zero attached hydrogens (tertiary/aromatic N) is 3. The Balaban J connectivity index is 1.72. The Morgan fingerprint density at radius 1 is 1.13 bits per heavy atom. The van der Waals surface area contributed by atoms with Gasteiger partial charge in [0.15, 0.2) is 5.69 Å². The second-order valence-corrected chi connectivity index (χ2v) is 5.37. The highest BCUT2D eigenvalue weighted by Crippen LogP contribution is 2.31. The Labute approximate surface area is 131 Å². The highest BCUT2D eigenvalue weighted by atomic mass is 19.1. The van der Waals surface area contributed by atoms with Gasteiger partial charge >= 0.3 is 0 Å². The van der Waals surface area contributed by atoms with Gasteiger partial charge in [0.05, 0.1) is 0 Å². The van der Waals surface area contributed by atoms with Crippen molar-refractivity contribution in [3.05, 3.63) is 65.6 Å². The first-order chi connectivity index (χ1) is 11.2. The summed E-state index contributed by atoms with van der Waals surface area (Å²) in [6.45, 7) is 0.513. The maximum atomic E-state index is 13.3. The van der Waals surface area contributed by atoms with Crippen LogP contribution in [0.1, 0.15) is 16.1 Å². The molecule has 1 aromatic heterocycles. The Kier molecular flexibility index (Phi) is 3.15. The van der Waals surface area contributed by atoms with E-state index in [9.17, 15) is 9.18 Å². The van der Waals surface area contributed by atoms with Crippen LogP contribution < -0.4 is 4.90 Å². The van der Waals surface area contributed by atoms with Gasteiger partial charge in [0.25, 0.3) is 5.91 Å².